The Morgan fingerprint density at radius 1 is 1.35 bits per heavy atom. The Morgan fingerprint density at radius 3 is 2.65 bits per heavy atom. The van der Waals surface area contributed by atoms with E-state index in [1.165, 1.54) is 4.90 Å². The van der Waals surface area contributed by atoms with Crippen LogP contribution in [0.1, 0.15) is 25.7 Å². The third-order valence-corrected chi connectivity index (χ3v) is 3.17. The predicted molar refractivity (Wildman–Crippen MR) is 60.0 cm³/mol. The Hall–Kier alpha value is -1.43. The molecular weight excluding hydrogens is 222 g/mol. The van der Waals surface area contributed by atoms with E-state index in [9.17, 15) is 14.4 Å². The molecule has 2 heterocycles. The first-order chi connectivity index (χ1) is 8.18. The van der Waals surface area contributed by atoms with Gasteiger partial charge in [0.2, 0.25) is 17.7 Å². The fourth-order valence-corrected chi connectivity index (χ4v) is 2.19. The van der Waals surface area contributed by atoms with Crippen LogP contribution < -0.4 is 10.6 Å². The van der Waals surface area contributed by atoms with Gasteiger partial charge in [-0.3, -0.25) is 19.3 Å². The maximum absolute atomic E-state index is 11.6. The van der Waals surface area contributed by atoms with E-state index in [4.69, 9.17) is 0 Å². The molecule has 0 aromatic rings. The van der Waals surface area contributed by atoms with Gasteiger partial charge in [0.15, 0.2) is 0 Å². The molecule has 1 atom stereocenters. The van der Waals surface area contributed by atoms with Gasteiger partial charge in [-0.05, 0) is 19.4 Å². The molecule has 3 amide bonds. The SMILES string of the molecule is O=C(NCCN1C(=O)CCC1=O)C1CCCN1. The fraction of sp³-hybridized carbons (Fsp3) is 0.727. The molecule has 0 bridgehead atoms. The summed E-state index contributed by atoms with van der Waals surface area (Å²) in [6.07, 6.45) is 2.47. The topological polar surface area (TPSA) is 78.5 Å². The van der Waals surface area contributed by atoms with Crippen molar-refractivity contribution in [3.8, 4) is 0 Å². The number of nitrogens with zero attached hydrogens (tertiary/aromatic N) is 1. The Kier molecular flexibility index (Phi) is 3.73. The molecule has 0 radical (unpaired) electrons. The summed E-state index contributed by atoms with van der Waals surface area (Å²) in [7, 11) is 0. The van der Waals surface area contributed by atoms with Crippen molar-refractivity contribution in [3.05, 3.63) is 0 Å². The van der Waals surface area contributed by atoms with Crippen molar-refractivity contribution in [2.45, 2.75) is 31.7 Å². The zero-order valence-electron chi connectivity index (χ0n) is 9.70. The second kappa shape index (κ2) is 5.27. The van der Waals surface area contributed by atoms with Gasteiger partial charge in [0.05, 0.1) is 6.04 Å². The van der Waals surface area contributed by atoms with E-state index in [1.807, 2.05) is 0 Å². The third kappa shape index (κ3) is 2.82. The minimum atomic E-state index is -0.136. The van der Waals surface area contributed by atoms with Crippen molar-refractivity contribution in [2.24, 2.45) is 0 Å². The number of carbonyl (C=O) groups is 3. The zero-order valence-corrected chi connectivity index (χ0v) is 9.70. The summed E-state index contributed by atoms with van der Waals surface area (Å²) in [6, 6.07) is -0.111. The van der Waals surface area contributed by atoms with Crippen LogP contribution in [0.3, 0.4) is 0 Å². The molecule has 2 rings (SSSR count). The molecule has 6 nitrogen and oxygen atoms in total. The second-order valence-electron chi connectivity index (χ2n) is 4.38. The first kappa shape index (κ1) is 12.0. The number of hydrogen-bond donors (Lipinski definition) is 2. The highest BCUT2D eigenvalue weighted by molar-refractivity contribution is 6.01. The van der Waals surface area contributed by atoms with E-state index in [0.717, 1.165) is 19.4 Å². The van der Waals surface area contributed by atoms with E-state index in [2.05, 4.69) is 10.6 Å². The Bertz CT molecular complexity index is 321. The first-order valence-corrected chi connectivity index (χ1v) is 6.03. The van der Waals surface area contributed by atoms with Gasteiger partial charge in [0, 0.05) is 25.9 Å². The van der Waals surface area contributed by atoms with Crippen molar-refractivity contribution in [1.82, 2.24) is 15.5 Å². The highest BCUT2D eigenvalue weighted by Gasteiger charge is 2.28. The van der Waals surface area contributed by atoms with Gasteiger partial charge in [0.25, 0.3) is 0 Å². The second-order valence-corrected chi connectivity index (χ2v) is 4.38. The smallest absolute Gasteiger partial charge is 0.237 e. The van der Waals surface area contributed by atoms with Gasteiger partial charge in [-0.15, -0.1) is 0 Å². The number of imide groups is 1. The monoisotopic (exact) mass is 239 g/mol. The molecule has 2 aliphatic rings. The quantitative estimate of drug-likeness (QED) is 0.617. The minimum Gasteiger partial charge on any atom is -0.353 e. The summed E-state index contributed by atoms with van der Waals surface area (Å²) in [5.74, 6) is -0.312. The Morgan fingerprint density at radius 2 is 2.06 bits per heavy atom. The zero-order chi connectivity index (χ0) is 12.3. The lowest BCUT2D eigenvalue weighted by Crippen LogP contribution is -2.44. The van der Waals surface area contributed by atoms with Crippen LogP contribution >= 0.6 is 0 Å². The first-order valence-electron chi connectivity index (χ1n) is 6.03. The van der Waals surface area contributed by atoms with Crippen LogP contribution in [0, 0.1) is 0 Å². The summed E-state index contributed by atoms with van der Waals surface area (Å²) in [5.41, 5.74) is 0. The molecule has 17 heavy (non-hydrogen) atoms. The molecular formula is C11H17N3O3. The molecule has 2 fully saturated rings. The van der Waals surface area contributed by atoms with E-state index in [0.29, 0.717) is 19.4 Å². The number of amides is 3. The number of nitrogens with one attached hydrogen (secondary N) is 2. The summed E-state index contributed by atoms with van der Waals surface area (Å²) in [4.78, 5) is 35.4. The predicted octanol–water partition coefficient (Wildman–Crippen LogP) is -0.996. The molecule has 2 N–H and O–H groups in total. The van der Waals surface area contributed by atoms with Crippen LogP contribution in [0.2, 0.25) is 0 Å². The average molecular weight is 239 g/mol. The van der Waals surface area contributed by atoms with Crippen LogP contribution in [-0.2, 0) is 14.4 Å². The molecule has 2 aliphatic heterocycles. The summed E-state index contributed by atoms with van der Waals surface area (Å²) < 4.78 is 0. The molecule has 0 saturated carbocycles. The van der Waals surface area contributed by atoms with Gasteiger partial charge in [-0.1, -0.05) is 0 Å². The average Bonchev–Trinajstić information content (AvgIpc) is 2.93. The van der Waals surface area contributed by atoms with Gasteiger partial charge < -0.3 is 10.6 Å². The fourth-order valence-electron chi connectivity index (χ4n) is 2.19. The number of likely N-dealkylation sites (tertiary alicyclic amines) is 1. The normalized spacial score (nSPS) is 24.5. The number of rotatable bonds is 4. The molecule has 1 unspecified atom stereocenters. The van der Waals surface area contributed by atoms with Crippen molar-refractivity contribution in [3.63, 3.8) is 0 Å². The van der Waals surface area contributed by atoms with Crippen LogP contribution in [0.15, 0.2) is 0 Å². The molecule has 0 aliphatic carbocycles. The molecule has 0 spiro atoms. The van der Waals surface area contributed by atoms with Crippen molar-refractivity contribution < 1.29 is 14.4 Å². The lowest BCUT2D eigenvalue weighted by molar-refractivity contribution is -0.138. The van der Waals surface area contributed by atoms with Crippen molar-refractivity contribution in [1.29, 1.82) is 0 Å². The van der Waals surface area contributed by atoms with Crippen molar-refractivity contribution in [2.75, 3.05) is 19.6 Å². The third-order valence-electron chi connectivity index (χ3n) is 3.17. The lowest BCUT2D eigenvalue weighted by Gasteiger charge is -2.15. The van der Waals surface area contributed by atoms with Crippen LogP contribution in [-0.4, -0.2) is 48.3 Å². The summed E-state index contributed by atoms with van der Waals surface area (Å²) in [5, 5.41) is 5.84. The highest BCUT2D eigenvalue weighted by Crippen LogP contribution is 2.10. The molecule has 6 heteroatoms. The van der Waals surface area contributed by atoms with Crippen LogP contribution in [0.5, 0.6) is 0 Å². The maximum Gasteiger partial charge on any atom is 0.237 e. The van der Waals surface area contributed by atoms with Crippen LogP contribution in [0.4, 0.5) is 0 Å². The highest BCUT2D eigenvalue weighted by atomic mass is 16.2. The number of hydrogen-bond acceptors (Lipinski definition) is 4. The van der Waals surface area contributed by atoms with Gasteiger partial charge in [-0.2, -0.15) is 0 Å². The van der Waals surface area contributed by atoms with E-state index in [-0.39, 0.29) is 30.3 Å². The molecule has 94 valence electrons. The number of carbonyl (C=O) groups excluding carboxylic acids is 3. The molecule has 0 aromatic heterocycles. The van der Waals surface area contributed by atoms with Gasteiger partial charge in [-0.25, -0.2) is 0 Å². The van der Waals surface area contributed by atoms with E-state index in [1.54, 1.807) is 0 Å². The van der Waals surface area contributed by atoms with E-state index >= 15 is 0 Å². The summed E-state index contributed by atoms with van der Waals surface area (Å²) >= 11 is 0. The van der Waals surface area contributed by atoms with Gasteiger partial charge in [0.1, 0.15) is 0 Å². The van der Waals surface area contributed by atoms with Gasteiger partial charge >= 0.3 is 0 Å². The minimum absolute atomic E-state index is 0.0402. The Labute approximate surface area is 99.7 Å². The molecule has 0 aromatic carbocycles. The molecule has 2 saturated heterocycles. The Balaban J connectivity index is 1.70. The standard InChI is InChI=1S/C11H17N3O3/c15-9-3-4-10(16)14(9)7-6-13-11(17)8-2-1-5-12-8/h8,12H,1-7H2,(H,13,17). The lowest BCUT2D eigenvalue weighted by atomic mass is 10.2. The van der Waals surface area contributed by atoms with Crippen molar-refractivity contribution >= 4 is 17.7 Å². The van der Waals surface area contributed by atoms with Crippen LogP contribution in [0.25, 0.3) is 0 Å². The van der Waals surface area contributed by atoms with E-state index < -0.39 is 0 Å². The maximum atomic E-state index is 11.6. The summed E-state index contributed by atoms with van der Waals surface area (Å²) in [6.45, 7) is 1.51. The largest absolute Gasteiger partial charge is 0.353 e.